The zero-order valence-electron chi connectivity index (χ0n) is 18.0. The quantitative estimate of drug-likeness (QED) is 0.471. The molecule has 0 spiro atoms. The van der Waals surface area contributed by atoms with Gasteiger partial charge in [-0.3, -0.25) is 19.3 Å². The maximum atomic E-state index is 13.9. The van der Waals surface area contributed by atoms with Gasteiger partial charge in [0.2, 0.25) is 5.91 Å². The van der Waals surface area contributed by atoms with E-state index >= 15 is 0 Å². The van der Waals surface area contributed by atoms with Crippen molar-refractivity contribution in [3.63, 3.8) is 0 Å². The first-order chi connectivity index (χ1) is 15.9. The average Bonchev–Trinajstić information content (AvgIpc) is 3.35. The molecule has 2 aliphatic heterocycles. The van der Waals surface area contributed by atoms with Gasteiger partial charge in [-0.2, -0.15) is 0 Å². The molecule has 0 aliphatic carbocycles. The number of nitrogens with zero attached hydrogens (tertiary/aromatic N) is 2. The third kappa shape index (κ3) is 4.44. The fourth-order valence-corrected chi connectivity index (χ4v) is 4.21. The second-order valence-electron chi connectivity index (χ2n) is 7.90. The van der Waals surface area contributed by atoms with Gasteiger partial charge in [0.05, 0.1) is 24.8 Å². The summed E-state index contributed by atoms with van der Waals surface area (Å²) in [7, 11) is 1.23. The highest BCUT2D eigenvalue weighted by molar-refractivity contribution is 6.21. The SMILES string of the molecule is COC(=O)C1CC(Oc2ccccc2F)CN1C(=O)CCCN1C(=O)c2ccccc2C1=O. The number of rotatable bonds is 7. The van der Waals surface area contributed by atoms with Crippen molar-refractivity contribution in [3.8, 4) is 5.75 Å². The number of hydrogen-bond donors (Lipinski definition) is 0. The molecular weight excluding hydrogens is 431 g/mol. The summed E-state index contributed by atoms with van der Waals surface area (Å²) in [5, 5.41) is 0. The highest BCUT2D eigenvalue weighted by Gasteiger charge is 2.41. The summed E-state index contributed by atoms with van der Waals surface area (Å²) >= 11 is 0. The molecule has 2 atom stereocenters. The molecule has 0 saturated carbocycles. The number of carbonyl (C=O) groups is 4. The summed E-state index contributed by atoms with van der Waals surface area (Å²) in [6, 6.07) is 11.7. The van der Waals surface area contributed by atoms with E-state index in [9.17, 15) is 23.6 Å². The summed E-state index contributed by atoms with van der Waals surface area (Å²) in [6.45, 7) is 0.184. The molecule has 2 aromatic rings. The summed E-state index contributed by atoms with van der Waals surface area (Å²) in [4.78, 5) is 52.6. The molecule has 172 valence electrons. The van der Waals surface area contributed by atoms with Crippen molar-refractivity contribution in [2.75, 3.05) is 20.2 Å². The third-order valence-electron chi connectivity index (χ3n) is 5.84. The second kappa shape index (κ2) is 9.40. The van der Waals surface area contributed by atoms with E-state index in [-0.39, 0.29) is 55.8 Å². The predicted octanol–water partition coefficient (Wildman–Crippen LogP) is 2.42. The Morgan fingerprint density at radius 3 is 2.30 bits per heavy atom. The van der Waals surface area contributed by atoms with Crippen LogP contribution in [0, 0.1) is 5.82 Å². The molecule has 0 radical (unpaired) electrons. The van der Waals surface area contributed by atoms with Crippen LogP contribution >= 0.6 is 0 Å². The molecule has 2 aromatic carbocycles. The highest BCUT2D eigenvalue weighted by Crippen LogP contribution is 2.27. The molecule has 0 bridgehead atoms. The smallest absolute Gasteiger partial charge is 0.328 e. The highest BCUT2D eigenvalue weighted by atomic mass is 19.1. The van der Waals surface area contributed by atoms with E-state index in [0.29, 0.717) is 11.1 Å². The Bertz CT molecular complexity index is 1070. The molecule has 0 aromatic heterocycles. The van der Waals surface area contributed by atoms with Crippen molar-refractivity contribution in [1.82, 2.24) is 9.80 Å². The van der Waals surface area contributed by atoms with Gasteiger partial charge in [0.1, 0.15) is 12.1 Å². The van der Waals surface area contributed by atoms with Crippen LogP contribution in [0.5, 0.6) is 5.75 Å². The molecule has 8 nitrogen and oxygen atoms in total. The normalized spacial score (nSPS) is 19.6. The van der Waals surface area contributed by atoms with Crippen LogP contribution in [0.25, 0.3) is 0 Å². The van der Waals surface area contributed by atoms with Crippen molar-refractivity contribution in [2.45, 2.75) is 31.4 Å². The summed E-state index contributed by atoms with van der Waals surface area (Å²) in [5.74, 6) is -2.15. The summed E-state index contributed by atoms with van der Waals surface area (Å²) in [6.07, 6.45) is -0.141. The fraction of sp³-hybridized carbons (Fsp3) is 0.333. The van der Waals surface area contributed by atoms with Gasteiger partial charge in [-0.25, -0.2) is 9.18 Å². The van der Waals surface area contributed by atoms with E-state index in [4.69, 9.17) is 9.47 Å². The minimum Gasteiger partial charge on any atom is -0.485 e. The van der Waals surface area contributed by atoms with Crippen molar-refractivity contribution in [2.24, 2.45) is 0 Å². The average molecular weight is 454 g/mol. The molecule has 0 N–H and O–H groups in total. The maximum absolute atomic E-state index is 13.9. The van der Waals surface area contributed by atoms with Crippen LogP contribution in [0.3, 0.4) is 0 Å². The Labute approximate surface area is 189 Å². The molecular formula is C24H23FN2O6. The molecule has 2 aliphatic rings. The van der Waals surface area contributed by atoms with Crippen molar-refractivity contribution >= 4 is 23.7 Å². The molecule has 1 fully saturated rings. The number of halogens is 1. The van der Waals surface area contributed by atoms with Crippen molar-refractivity contribution in [1.29, 1.82) is 0 Å². The number of esters is 1. The minimum atomic E-state index is -0.849. The number of ether oxygens (including phenoxy) is 2. The molecule has 4 rings (SSSR count). The molecule has 3 amide bonds. The van der Waals surface area contributed by atoms with Crippen LogP contribution in [-0.2, 0) is 14.3 Å². The lowest BCUT2D eigenvalue weighted by Gasteiger charge is -2.23. The monoisotopic (exact) mass is 454 g/mol. The van der Waals surface area contributed by atoms with Crippen molar-refractivity contribution < 1.29 is 33.0 Å². The van der Waals surface area contributed by atoms with Crippen LogP contribution in [0.4, 0.5) is 4.39 Å². The number of hydrogen-bond acceptors (Lipinski definition) is 6. The van der Waals surface area contributed by atoms with Gasteiger partial charge < -0.3 is 14.4 Å². The number of para-hydroxylation sites is 1. The number of fused-ring (bicyclic) bond motifs is 1. The number of benzene rings is 2. The van der Waals surface area contributed by atoms with E-state index in [1.54, 1.807) is 30.3 Å². The van der Waals surface area contributed by atoms with Crippen LogP contribution in [0.15, 0.2) is 48.5 Å². The van der Waals surface area contributed by atoms with E-state index in [1.807, 2.05) is 0 Å². The van der Waals surface area contributed by atoms with Crippen molar-refractivity contribution in [3.05, 3.63) is 65.5 Å². The topological polar surface area (TPSA) is 93.2 Å². The lowest BCUT2D eigenvalue weighted by Crippen LogP contribution is -2.41. The third-order valence-corrected chi connectivity index (χ3v) is 5.84. The lowest BCUT2D eigenvalue weighted by atomic mass is 10.1. The first-order valence-electron chi connectivity index (χ1n) is 10.6. The van der Waals surface area contributed by atoms with Crippen LogP contribution in [0.1, 0.15) is 40.0 Å². The molecule has 2 heterocycles. The first-order valence-corrected chi connectivity index (χ1v) is 10.6. The molecule has 9 heteroatoms. The van der Waals surface area contributed by atoms with Gasteiger partial charge in [-0.1, -0.05) is 24.3 Å². The lowest BCUT2D eigenvalue weighted by molar-refractivity contribution is -0.151. The largest absolute Gasteiger partial charge is 0.485 e. The zero-order valence-corrected chi connectivity index (χ0v) is 18.0. The Balaban J connectivity index is 1.37. The Kier molecular flexibility index (Phi) is 6.39. The van der Waals surface area contributed by atoms with E-state index < -0.39 is 23.9 Å². The van der Waals surface area contributed by atoms with Gasteiger partial charge in [0.15, 0.2) is 11.6 Å². The maximum Gasteiger partial charge on any atom is 0.328 e. The van der Waals surface area contributed by atoms with E-state index in [1.165, 1.54) is 30.2 Å². The Hall–Kier alpha value is -3.75. The molecule has 1 saturated heterocycles. The predicted molar refractivity (Wildman–Crippen MR) is 114 cm³/mol. The van der Waals surface area contributed by atoms with Gasteiger partial charge in [-0.05, 0) is 30.7 Å². The Morgan fingerprint density at radius 2 is 1.67 bits per heavy atom. The van der Waals surface area contributed by atoms with Gasteiger partial charge in [0.25, 0.3) is 11.8 Å². The number of imide groups is 1. The number of methoxy groups -OCH3 is 1. The number of likely N-dealkylation sites (tertiary alicyclic amines) is 1. The first kappa shape index (κ1) is 22.4. The molecule has 2 unspecified atom stereocenters. The van der Waals surface area contributed by atoms with E-state index in [2.05, 4.69) is 0 Å². The zero-order chi connectivity index (χ0) is 23.5. The van der Waals surface area contributed by atoms with E-state index in [0.717, 1.165) is 4.90 Å². The van der Waals surface area contributed by atoms with Gasteiger partial charge in [0, 0.05) is 19.4 Å². The Morgan fingerprint density at radius 1 is 1.03 bits per heavy atom. The van der Waals surface area contributed by atoms with Crippen LogP contribution < -0.4 is 4.74 Å². The standard InChI is InChI=1S/C24H23FN2O6/c1-32-24(31)19-13-15(33-20-10-5-4-9-18(20)25)14-27(19)21(28)11-6-12-26-22(29)16-7-2-3-8-17(16)23(26)30/h2-5,7-10,15,19H,6,11-14H2,1H3. The van der Waals surface area contributed by atoms with Gasteiger partial charge in [-0.15, -0.1) is 0 Å². The number of amides is 3. The number of carbonyl (C=O) groups excluding carboxylic acids is 4. The van der Waals surface area contributed by atoms with Gasteiger partial charge >= 0.3 is 5.97 Å². The summed E-state index contributed by atoms with van der Waals surface area (Å²) < 4.78 is 24.5. The van der Waals surface area contributed by atoms with Crippen LogP contribution in [-0.4, -0.2) is 65.8 Å². The fourth-order valence-electron chi connectivity index (χ4n) is 4.21. The molecule has 33 heavy (non-hydrogen) atoms. The second-order valence-corrected chi connectivity index (χ2v) is 7.90. The van der Waals surface area contributed by atoms with Crippen LogP contribution in [0.2, 0.25) is 0 Å². The minimum absolute atomic E-state index is 0.0211. The summed E-state index contributed by atoms with van der Waals surface area (Å²) in [5.41, 5.74) is 0.708.